The largest absolute Gasteiger partial charge is 0.497 e. The normalized spacial score (nSPS) is 10.4. The summed E-state index contributed by atoms with van der Waals surface area (Å²) in [6.45, 7) is 0.201. The van der Waals surface area contributed by atoms with E-state index in [1.54, 1.807) is 48.7 Å². The van der Waals surface area contributed by atoms with E-state index < -0.39 is 17.4 Å². The van der Waals surface area contributed by atoms with Crippen LogP contribution in [0.3, 0.4) is 0 Å². The molecule has 2 amide bonds. The van der Waals surface area contributed by atoms with E-state index in [1.165, 1.54) is 23.8 Å². The van der Waals surface area contributed by atoms with Gasteiger partial charge in [-0.25, -0.2) is 0 Å². The minimum Gasteiger partial charge on any atom is -0.497 e. The van der Waals surface area contributed by atoms with E-state index >= 15 is 0 Å². The second kappa shape index (κ2) is 9.47. The molecule has 0 radical (unpaired) electrons. The van der Waals surface area contributed by atoms with Gasteiger partial charge in [0.25, 0.3) is 17.4 Å². The summed E-state index contributed by atoms with van der Waals surface area (Å²) in [5.74, 6) is -0.781. The Hall–Kier alpha value is -3.29. The minimum atomic E-state index is -0.736. The number of carbonyl (C=O) groups is 2. The quantitative estimate of drug-likeness (QED) is 0.589. The summed E-state index contributed by atoms with van der Waals surface area (Å²) in [6.07, 6.45) is 1.55. The number of rotatable bonds is 5. The van der Waals surface area contributed by atoms with Crippen molar-refractivity contribution in [2.75, 3.05) is 7.11 Å². The van der Waals surface area contributed by atoms with Gasteiger partial charge in [0.2, 0.25) is 0 Å². The van der Waals surface area contributed by atoms with Gasteiger partial charge in [0, 0.05) is 11.8 Å². The highest BCUT2D eigenvalue weighted by atomic mass is 35.5. The summed E-state index contributed by atoms with van der Waals surface area (Å²) >= 11 is 11.9. The van der Waals surface area contributed by atoms with Crippen molar-refractivity contribution in [2.45, 2.75) is 6.54 Å². The zero-order valence-electron chi connectivity index (χ0n) is 15.8. The zero-order valence-corrected chi connectivity index (χ0v) is 17.3. The number of halogens is 2. The number of benzene rings is 2. The van der Waals surface area contributed by atoms with Crippen LogP contribution in [0.15, 0.2) is 65.6 Å². The highest BCUT2D eigenvalue weighted by Gasteiger charge is 2.14. The highest BCUT2D eigenvalue weighted by Crippen LogP contribution is 2.22. The van der Waals surface area contributed by atoms with E-state index in [1.807, 2.05) is 0 Å². The lowest BCUT2D eigenvalue weighted by atomic mass is 10.2. The Morgan fingerprint density at radius 3 is 2.47 bits per heavy atom. The van der Waals surface area contributed by atoms with Crippen molar-refractivity contribution in [1.29, 1.82) is 0 Å². The molecule has 3 aromatic rings. The third kappa shape index (κ3) is 5.00. The summed E-state index contributed by atoms with van der Waals surface area (Å²) in [7, 11) is 1.48. The molecule has 1 heterocycles. The van der Waals surface area contributed by atoms with Gasteiger partial charge in [0.15, 0.2) is 0 Å². The molecular formula is C21H17Cl2N3O4. The number of hydrogen-bond donors (Lipinski definition) is 2. The van der Waals surface area contributed by atoms with Crippen LogP contribution in [-0.4, -0.2) is 23.5 Å². The number of carbonyl (C=O) groups excluding carboxylic acids is 2. The number of nitrogens with zero attached hydrogens (tertiary/aromatic N) is 1. The van der Waals surface area contributed by atoms with Crippen LogP contribution in [0.5, 0.6) is 5.75 Å². The molecule has 0 unspecified atom stereocenters. The van der Waals surface area contributed by atoms with Crippen LogP contribution in [0.1, 0.15) is 26.3 Å². The van der Waals surface area contributed by atoms with Gasteiger partial charge in [-0.1, -0.05) is 35.3 Å². The molecule has 0 saturated carbocycles. The molecule has 7 nitrogen and oxygen atoms in total. The lowest BCUT2D eigenvalue weighted by molar-refractivity contribution is 0.0845. The Labute approximate surface area is 182 Å². The van der Waals surface area contributed by atoms with Crippen LogP contribution in [0.25, 0.3) is 0 Å². The topological polar surface area (TPSA) is 89.4 Å². The molecule has 0 aliphatic heterocycles. The number of ether oxygens (including phenoxy) is 1. The zero-order chi connectivity index (χ0) is 21.7. The van der Waals surface area contributed by atoms with Crippen molar-refractivity contribution < 1.29 is 14.3 Å². The number of aromatic nitrogens is 1. The minimum absolute atomic E-state index is 0.122. The Morgan fingerprint density at radius 1 is 0.967 bits per heavy atom. The lowest BCUT2D eigenvalue weighted by Crippen LogP contribution is -2.44. The maximum absolute atomic E-state index is 12.7. The first-order valence-corrected chi connectivity index (χ1v) is 9.52. The number of amides is 2. The molecule has 2 aromatic carbocycles. The Balaban J connectivity index is 1.71. The predicted octanol–water partition coefficient (Wildman–Crippen LogP) is 3.29. The number of pyridine rings is 1. The molecule has 0 aliphatic rings. The Kier molecular flexibility index (Phi) is 6.76. The van der Waals surface area contributed by atoms with Crippen molar-refractivity contribution in [3.8, 4) is 5.75 Å². The molecule has 2 N–H and O–H groups in total. The first-order chi connectivity index (χ1) is 14.4. The second-order valence-corrected chi connectivity index (χ2v) is 7.06. The van der Waals surface area contributed by atoms with Crippen molar-refractivity contribution >= 4 is 35.0 Å². The van der Waals surface area contributed by atoms with E-state index in [9.17, 15) is 14.4 Å². The monoisotopic (exact) mass is 445 g/mol. The molecule has 3 rings (SSSR count). The van der Waals surface area contributed by atoms with Gasteiger partial charge in [-0.15, -0.1) is 0 Å². The maximum atomic E-state index is 12.7. The fourth-order valence-corrected chi connectivity index (χ4v) is 3.01. The summed E-state index contributed by atoms with van der Waals surface area (Å²) in [5, 5.41) is 0.782. The first kappa shape index (κ1) is 21.4. The van der Waals surface area contributed by atoms with E-state index in [4.69, 9.17) is 27.9 Å². The number of nitrogens with one attached hydrogen (secondary N) is 2. The molecule has 0 atom stereocenters. The molecule has 0 bridgehead atoms. The number of methoxy groups -OCH3 is 1. The average Bonchev–Trinajstić information content (AvgIpc) is 2.75. The maximum Gasteiger partial charge on any atom is 0.275 e. The van der Waals surface area contributed by atoms with Gasteiger partial charge < -0.3 is 9.30 Å². The van der Waals surface area contributed by atoms with Crippen LogP contribution in [0.4, 0.5) is 0 Å². The molecule has 1 aromatic heterocycles. The highest BCUT2D eigenvalue weighted by molar-refractivity contribution is 6.42. The summed E-state index contributed by atoms with van der Waals surface area (Å²) < 4.78 is 6.42. The van der Waals surface area contributed by atoms with Crippen LogP contribution >= 0.6 is 23.2 Å². The molecular weight excluding hydrogens is 429 g/mol. The van der Waals surface area contributed by atoms with Gasteiger partial charge in [-0.2, -0.15) is 0 Å². The van der Waals surface area contributed by atoms with Crippen LogP contribution in [0.2, 0.25) is 10.0 Å². The van der Waals surface area contributed by atoms with Gasteiger partial charge in [-0.3, -0.25) is 25.2 Å². The van der Waals surface area contributed by atoms with E-state index in [0.717, 1.165) is 5.56 Å². The van der Waals surface area contributed by atoms with Crippen molar-refractivity contribution in [1.82, 2.24) is 15.4 Å². The summed E-state index contributed by atoms with van der Waals surface area (Å²) in [4.78, 5) is 37.3. The number of hydrogen-bond acceptors (Lipinski definition) is 4. The molecule has 0 saturated heterocycles. The molecule has 9 heteroatoms. The van der Waals surface area contributed by atoms with Crippen LogP contribution < -0.4 is 21.1 Å². The second-order valence-electron chi connectivity index (χ2n) is 6.24. The third-order valence-corrected chi connectivity index (χ3v) is 4.96. The van der Waals surface area contributed by atoms with Gasteiger partial charge >= 0.3 is 0 Å². The smallest absolute Gasteiger partial charge is 0.275 e. The third-order valence-electron chi connectivity index (χ3n) is 4.22. The lowest BCUT2D eigenvalue weighted by Gasteiger charge is -2.10. The van der Waals surface area contributed by atoms with E-state index in [-0.39, 0.29) is 12.1 Å². The van der Waals surface area contributed by atoms with E-state index in [2.05, 4.69) is 10.9 Å². The molecule has 0 spiro atoms. The van der Waals surface area contributed by atoms with Gasteiger partial charge in [0.05, 0.1) is 23.7 Å². The van der Waals surface area contributed by atoms with Gasteiger partial charge in [-0.05, 0) is 48.0 Å². The average molecular weight is 446 g/mol. The molecule has 154 valence electrons. The van der Waals surface area contributed by atoms with Crippen molar-refractivity contribution in [3.63, 3.8) is 0 Å². The summed E-state index contributed by atoms with van der Waals surface area (Å²) in [6, 6.07) is 14.4. The molecule has 0 fully saturated rings. The summed E-state index contributed by atoms with van der Waals surface area (Å²) in [5.41, 5.74) is 4.93. The standard InChI is InChI=1S/C21H17Cl2N3O4/c1-30-15-5-2-4-14(11-15)19(27)24-25-20(28)16-6-3-9-26(21(16)29)12-13-7-8-17(22)18(23)10-13/h2-11H,12H2,1H3,(H,24,27)(H,25,28). The Morgan fingerprint density at radius 2 is 1.73 bits per heavy atom. The first-order valence-electron chi connectivity index (χ1n) is 8.77. The fourth-order valence-electron chi connectivity index (χ4n) is 2.69. The number of hydrazine groups is 1. The molecule has 0 aliphatic carbocycles. The fraction of sp³-hybridized carbons (Fsp3) is 0.0952. The van der Waals surface area contributed by atoms with Crippen LogP contribution in [-0.2, 0) is 6.54 Å². The molecule has 30 heavy (non-hydrogen) atoms. The SMILES string of the molecule is COc1cccc(C(=O)NNC(=O)c2cccn(Cc3ccc(Cl)c(Cl)c3)c2=O)c1. The van der Waals surface area contributed by atoms with Gasteiger partial charge in [0.1, 0.15) is 11.3 Å². The van der Waals surface area contributed by atoms with Crippen molar-refractivity contribution in [3.05, 3.63) is 97.9 Å². The van der Waals surface area contributed by atoms with Crippen molar-refractivity contribution in [2.24, 2.45) is 0 Å². The van der Waals surface area contributed by atoms with Crippen LogP contribution in [0, 0.1) is 0 Å². The predicted molar refractivity (Wildman–Crippen MR) is 114 cm³/mol. The Bertz CT molecular complexity index is 1160. The van der Waals surface area contributed by atoms with E-state index in [0.29, 0.717) is 21.4 Å².